The maximum Gasteiger partial charge on any atom is 0.253 e. The van der Waals surface area contributed by atoms with Crippen molar-refractivity contribution in [3.63, 3.8) is 0 Å². The van der Waals surface area contributed by atoms with Gasteiger partial charge in [-0.1, -0.05) is 48.5 Å². The highest BCUT2D eigenvalue weighted by Crippen LogP contribution is 2.39. The Balaban J connectivity index is 2.20. The maximum atomic E-state index is 12.8. The number of allylic oxidation sites excluding steroid dienone is 1. The molecule has 3 rings (SSSR count). The van der Waals surface area contributed by atoms with Gasteiger partial charge < -0.3 is 10.6 Å². The molecule has 28 heavy (non-hydrogen) atoms. The van der Waals surface area contributed by atoms with E-state index in [9.17, 15) is 4.79 Å². The van der Waals surface area contributed by atoms with E-state index in [0.717, 1.165) is 37.8 Å². The van der Waals surface area contributed by atoms with Crippen LogP contribution >= 0.6 is 0 Å². The van der Waals surface area contributed by atoms with Crippen LogP contribution in [0.3, 0.4) is 0 Å². The van der Waals surface area contributed by atoms with E-state index in [1.54, 1.807) is 19.5 Å². The molecule has 2 N–H and O–H groups in total. The van der Waals surface area contributed by atoms with Crippen molar-refractivity contribution in [3.8, 4) is 0 Å². The molecule has 0 aromatic heterocycles. The second-order valence-electron chi connectivity index (χ2n) is 7.37. The Bertz CT molecular complexity index is 951. The van der Waals surface area contributed by atoms with Gasteiger partial charge in [0.25, 0.3) is 5.91 Å². The van der Waals surface area contributed by atoms with Gasteiger partial charge in [0, 0.05) is 49.6 Å². The highest BCUT2D eigenvalue weighted by molar-refractivity contribution is 6.53. The first-order valence-corrected chi connectivity index (χ1v) is 10.7. The Labute approximate surface area is 170 Å². The lowest BCUT2D eigenvalue weighted by Gasteiger charge is -2.41. The Morgan fingerprint density at radius 1 is 1.32 bits per heavy atom. The molecule has 2 radical (unpaired) electrons. The summed E-state index contributed by atoms with van der Waals surface area (Å²) in [5, 5.41) is 1.36. The SMILES string of the molecule is CC[Si]c1cccc(C2(C)CN(C)C(=O)c3ccc(C(C=NC)=CN)cc32)c1. The van der Waals surface area contributed by atoms with Crippen molar-refractivity contribution in [1.82, 2.24) is 4.90 Å². The second-order valence-corrected chi connectivity index (χ2v) is 9.01. The molecule has 0 spiro atoms. The number of aliphatic imine (C=N–C) groups is 1. The van der Waals surface area contributed by atoms with E-state index < -0.39 is 0 Å². The largest absolute Gasteiger partial charge is 0.404 e. The fourth-order valence-electron chi connectivity index (χ4n) is 3.98. The molecule has 4 nitrogen and oxygen atoms in total. The Kier molecular flexibility index (Phi) is 5.84. The molecule has 0 fully saturated rings. The number of fused-ring (bicyclic) bond motifs is 1. The molecule has 2 aromatic carbocycles. The normalized spacial score (nSPS) is 19.9. The standard InChI is InChI=1S/C23H27N3OSi/c1-5-28-19-8-6-7-18(12-19)23(2)15-26(4)22(27)20-10-9-16(11-21(20)23)17(13-24)14-25-3/h6-14H,5,15,24H2,1-4H3. The van der Waals surface area contributed by atoms with Crippen LogP contribution in [0.15, 0.2) is 53.7 Å². The van der Waals surface area contributed by atoms with Gasteiger partial charge in [-0.15, -0.1) is 0 Å². The summed E-state index contributed by atoms with van der Waals surface area (Å²) in [6.07, 6.45) is 3.31. The summed E-state index contributed by atoms with van der Waals surface area (Å²) in [6.45, 7) is 5.08. The van der Waals surface area contributed by atoms with Crippen molar-refractivity contribution in [1.29, 1.82) is 0 Å². The molecule has 0 saturated heterocycles. The molecule has 2 aromatic rings. The lowest BCUT2D eigenvalue weighted by molar-refractivity contribution is 0.0745. The van der Waals surface area contributed by atoms with Crippen LogP contribution < -0.4 is 10.9 Å². The highest BCUT2D eigenvalue weighted by Gasteiger charge is 2.40. The zero-order chi connectivity index (χ0) is 20.3. The van der Waals surface area contributed by atoms with Crippen LogP contribution in [0.25, 0.3) is 5.57 Å². The average molecular weight is 390 g/mol. The van der Waals surface area contributed by atoms with Crippen molar-refractivity contribution in [3.05, 3.63) is 70.9 Å². The summed E-state index contributed by atoms with van der Waals surface area (Å²) in [5.74, 6) is 0.0630. The van der Waals surface area contributed by atoms with E-state index in [-0.39, 0.29) is 11.3 Å². The van der Waals surface area contributed by atoms with Crippen molar-refractivity contribution >= 4 is 32.4 Å². The number of nitrogens with zero attached hydrogens (tertiary/aromatic N) is 2. The predicted octanol–water partition coefficient (Wildman–Crippen LogP) is 2.85. The molecule has 1 heterocycles. The minimum atomic E-state index is -0.286. The smallest absolute Gasteiger partial charge is 0.253 e. The molecule has 1 unspecified atom stereocenters. The molecule has 5 heteroatoms. The van der Waals surface area contributed by atoms with Crippen LogP contribution in [0.4, 0.5) is 0 Å². The Morgan fingerprint density at radius 2 is 2.11 bits per heavy atom. The first-order chi connectivity index (χ1) is 13.4. The van der Waals surface area contributed by atoms with Gasteiger partial charge in [0.05, 0.1) is 9.52 Å². The van der Waals surface area contributed by atoms with Crippen LogP contribution in [-0.4, -0.2) is 47.2 Å². The molecule has 0 saturated carbocycles. The summed E-state index contributed by atoms with van der Waals surface area (Å²) < 4.78 is 0. The van der Waals surface area contributed by atoms with Crippen molar-refractivity contribution in [2.45, 2.75) is 25.3 Å². The zero-order valence-corrected chi connectivity index (χ0v) is 18.0. The average Bonchev–Trinajstić information content (AvgIpc) is 2.70. The third kappa shape index (κ3) is 3.54. The molecule has 1 aliphatic rings. The quantitative estimate of drug-likeness (QED) is 0.631. The topological polar surface area (TPSA) is 58.7 Å². The first kappa shape index (κ1) is 20.1. The first-order valence-electron chi connectivity index (χ1n) is 9.53. The molecular weight excluding hydrogens is 362 g/mol. The van der Waals surface area contributed by atoms with Gasteiger partial charge in [-0.3, -0.25) is 9.79 Å². The molecular formula is C23H27N3OSi. The molecule has 144 valence electrons. The van der Waals surface area contributed by atoms with Crippen molar-refractivity contribution in [2.75, 3.05) is 20.6 Å². The molecule has 0 aliphatic carbocycles. The summed E-state index contributed by atoms with van der Waals surface area (Å²) in [5.41, 5.74) is 10.4. The lowest BCUT2D eigenvalue weighted by Crippen LogP contribution is -2.47. The predicted molar refractivity (Wildman–Crippen MR) is 119 cm³/mol. The highest BCUT2D eigenvalue weighted by atomic mass is 28.2. The van der Waals surface area contributed by atoms with Crippen molar-refractivity contribution in [2.24, 2.45) is 10.7 Å². The summed E-state index contributed by atoms with van der Waals surface area (Å²) in [6, 6.07) is 15.9. The summed E-state index contributed by atoms with van der Waals surface area (Å²) in [7, 11) is 4.40. The van der Waals surface area contributed by atoms with Gasteiger partial charge in [-0.25, -0.2) is 0 Å². The van der Waals surface area contributed by atoms with Crippen LogP contribution in [0.1, 0.15) is 40.9 Å². The molecule has 1 amide bonds. The van der Waals surface area contributed by atoms with Crippen molar-refractivity contribution < 1.29 is 4.79 Å². The fraction of sp³-hybridized carbons (Fsp3) is 0.304. The van der Waals surface area contributed by atoms with E-state index >= 15 is 0 Å². The molecule has 1 aliphatic heterocycles. The minimum Gasteiger partial charge on any atom is -0.404 e. The van der Waals surface area contributed by atoms with Crippen LogP contribution in [0.5, 0.6) is 0 Å². The number of likely N-dealkylation sites (N-methyl/N-ethyl adjacent to an activating group) is 1. The van der Waals surface area contributed by atoms with Crippen LogP contribution in [0.2, 0.25) is 6.04 Å². The number of hydrogen-bond donors (Lipinski definition) is 1. The van der Waals surface area contributed by atoms with E-state index in [1.807, 2.05) is 24.1 Å². The van der Waals surface area contributed by atoms with Crippen LogP contribution in [-0.2, 0) is 5.41 Å². The lowest BCUT2D eigenvalue weighted by atomic mass is 9.71. The number of benzene rings is 2. The summed E-state index contributed by atoms with van der Waals surface area (Å²) >= 11 is 0. The fourth-order valence-corrected chi connectivity index (χ4v) is 4.86. The second kappa shape index (κ2) is 8.15. The van der Waals surface area contributed by atoms with Gasteiger partial charge in [-0.05, 0) is 35.7 Å². The van der Waals surface area contributed by atoms with E-state index in [2.05, 4.69) is 49.2 Å². The molecule has 0 bridgehead atoms. The van der Waals surface area contributed by atoms with Gasteiger partial charge in [-0.2, -0.15) is 0 Å². The zero-order valence-electron chi connectivity index (χ0n) is 17.0. The van der Waals surface area contributed by atoms with E-state index in [4.69, 9.17) is 5.73 Å². The Hall–Kier alpha value is -2.66. The number of rotatable bonds is 5. The van der Waals surface area contributed by atoms with E-state index in [1.165, 1.54) is 10.8 Å². The summed E-state index contributed by atoms with van der Waals surface area (Å²) in [4.78, 5) is 18.8. The third-order valence-corrected chi connectivity index (χ3v) is 6.48. The number of carbonyl (C=O) groups excluding carboxylic acids is 1. The number of carbonyl (C=O) groups is 1. The minimum absolute atomic E-state index is 0.0630. The Morgan fingerprint density at radius 3 is 2.79 bits per heavy atom. The van der Waals surface area contributed by atoms with E-state index in [0.29, 0.717) is 6.54 Å². The van der Waals surface area contributed by atoms with Gasteiger partial charge in [0.1, 0.15) is 0 Å². The third-order valence-electron chi connectivity index (χ3n) is 5.41. The monoisotopic (exact) mass is 389 g/mol. The number of amides is 1. The van der Waals surface area contributed by atoms with Gasteiger partial charge in [0.15, 0.2) is 0 Å². The van der Waals surface area contributed by atoms with Gasteiger partial charge >= 0.3 is 0 Å². The molecule has 1 atom stereocenters. The number of nitrogens with two attached hydrogens (primary N) is 1. The van der Waals surface area contributed by atoms with Gasteiger partial charge in [0.2, 0.25) is 0 Å². The number of hydrogen-bond acceptors (Lipinski definition) is 3. The maximum absolute atomic E-state index is 12.8. The van der Waals surface area contributed by atoms with Crippen LogP contribution in [0, 0.1) is 0 Å².